The van der Waals surface area contributed by atoms with Crippen molar-refractivity contribution < 1.29 is 26.3 Å². The second-order valence-electron chi connectivity index (χ2n) is 5.30. The number of nitrogens with zero attached hydrogens (tertiary/aromatic N) is 1. The van der Waals surface area contributed by atoms with Crippen LogP contribution in [0.15, 0.2) is 23.2 Å². The lowest BCUT2D eigenvalue weighted by molar-refractivity contribution is -0.154. The Labute approximate surface area is 132 Å². The van der Waals surface area contributed by atoms with Gasteiger partial charge in [-0.1, -0.05) is 0 Å². The van der Waals surface area contributed by atoms with E-state index in [0.717, 1.165) is 38.2 Å². The van der Waals surface area contributed by atoms with Crippen LogP contribution in [0.1, 0.15) is 12.8 Å². The molecule has 0 aliphatic carbocycles. The van der Waals surface area contributed by atoms with E-state index in [9.17, 15) is 21.6 Å². The van der Waals surface area contributed by atoms with Gasteiger partial charge in [0, 0.05) is 12.6 Å². The normalized spacial score (nSPS) is 19.5. The van der Waals surface area contributed by atoms with Crippen LogP contribution in [0.25, 0.3) is 0 Å². The Morgan fingerprint density at radius 2 is 2.17 bits per heavy atom. The van der Waals surface area contributed by atoms with E-state index in [0.29, 0.717) is 6.54 Å². The van der Waals surface area contributed by atoms with Gasteiger partial charge in [0.25, 0.3) is 0 Å². The van der Waals surface area contributed by atoms with Crippen molar-refractivity contribution in [3.63, 3.8) is 0 Å². The number of hydrogen-bond donors (Lipinski definition) is 2. The molecule has 2 heterocycles. The van der Waals surface area contributed by atoms with Gasteiger partial charge in [-0.05, 0) is 37.9 Å². The maximum absolute atomic E-state index is 12.1. The molecule has 10 heteroatoms. The quantitative estimate of drug-likeness (QED) is 0.806. The molecule has 0 radical (unpaired) electrons. The van der Waals surface area contributed by atoms with Crippen molar-refractivity contribution in [2.45, 2.75) is 23.9 Å². The van der Waals surface area contributed by atoms with Crippen molar-refractivity contribution in [2.24, 2.45) is 5.92 Å². The number of ether oxygens (including phenoxy) is 1. The molecule has 1 aliphatic heterocycles. The summed E-state index contributed by atoms with van der Waals surface area (Å²) in [6, 6.07) is 2.27. The molecular weight excluding hydrogens is 335 g/mol. The van der Waals surface area contributed by atoms with Gasteiger partial charge in [0.15, 0.2) is 6.61 Å². The Morgan fingerprint density at radius 1 is 1.39 bits per heavy atom. The predicted octanol–water partition coefficient (Wildman–Crippen LogP) is 1.30. The van der Waals surface area contributed by atoms with Crippen molar-refractivity contribution in [2.75, 3.05) is 26.2 Å². The summed E-state index contributed by atoms with van der Waals surface area (Å²) < 4.78 is 67.2. The molecule has 2 N–H and O–H groups in total. The maximum Gasteiger partial charge on any atom is 0.422 e. The minimum absolute atomic E-state index is 0.111. The SMILES string of the molecule is O=S(=O)(NCC1CCCNC1)c1ccc(OCC(F)(F)F)nc1. The summed E-state index contributed by atoms with van der Waals surface area (Å²) in [5.41, 5.74) is 0. The van der Waals surface area contributed by atoms with E-state index in [2.05, 4.69) is 19.8 Å². The first-order chi connectivity index (χ1) is 10.8. The second kappa shape index (κ2) is 7.45. The number of nitrogens with one attached hydrogen (secondary N) is 2. The van der Waals surface area contributed by atoms with E-state index >= 15 is 0 Å². The predicted molar refractivity (Wildman–Crippen MR) is 76.6 cm³/mol. The molecule has 23 heavy (non-hydrogen) atoms. The van der Waals surface area contributed by atoms with Gasteiger partial charge in [0.2, 0.25) is 15.9 Å². The minimum Gasteiger partial charge on any atom is -0.468 e. The molecule has 1 aromatic rings. The molecule has 1 unspecified atom stereocenters. The zero-order valence-corrected chi connectivity index (χ0v) is 13.1. The summed E-state index contributed by atoms with van der Waals surface area (Å²) >= 11 is 0. The van der Waals surface area contributed by atoms with Crippen LogP contribution in [-0.4, -0.2) is 45.8 Å². The van der Waals surface area contributed by atoms with Crippen LogP contribution in [0, 0.1) is 5.92 Å². The molecule has 2 rings (SSSR count). The summed E-state index contributed by atoms with van der Waals surface area (Å²) in [6.07, 6.45) is -1.55. The van der Waals surface area contributed by atoms with Gasteiger partial charge >= 0.3 is 6.18 Å². The Hall–Kier alpha value is -1.39. The number of hydrogen-bond acceptors (Lipinski definition) is 5. The van der Waals surface area contributed by atoms with Crippen LogP contribution in [0.3, 0.4) is 0 Å². The van der Waals surface area contributed by atoms with E-state index in [1.165, 1.54) is 6.07 Å². The Balaban J connectivity index is 1.91. The van der Waals surface area contributed by atoms with E-state index in [-0.39, 0.29) is 16.7 Å². The molecule has 1 fully saturated rings. The largest absolute Gasteiger partial charge is 0.468 e. The van der Waals surface area contributed by atoms with Crippen LogP contribution in [-0.2, 0) is 10.0 Å². The molecule has 0 spiro atoms. The monoisotopic (exact) mass is 353 g/mol. The number of piperidine rings is 1. The standard InChI is InChI=1S/C13H18F3N3O3S/c14-13(15,16)9-22-12-4-3-11(8-18-12)23(20,21)19-7-10-2-1-5-17-6-10/h3-4,8,10,17,19H,1-2,5-7,9H2. The molecular formula is C13H18F3N3O3S. The van der Waals surface area contributed by atoms with Gasteiger partial charge < -0.3 is 10.1 Å². The molecule has 0 amide bonds. The highest BCUT2D eigenvalue weighted by Gasteiger charge is 2.28. The third kappa shape index (κ3) is 5.96. The number of aromatic nitrogens is 1. The number of sulfonamides is 1. The molecule has 1 aliphatic rings. The lowest BCUT2D eigenvalue weighted by Gasteiger charge is -2.22. The summed E-state index contributed by atoms with van der Waals surface area (Å²) in [7, 11) is -3.74. The van der Waals surface area contributed by atoms with E-state index in [4.69, 9.17) is 0 Å². The number of alkyl halides is 3. The Kier molecular flexibility index (Phi) is 5.82. The third-order valence-corrected chi connectivity index (χ3v) is 4.77. The van der Waals surface area contributed by atoms with Gasteiger partial charge in [-0.3, -0.25) is 0 Å². The van der Waals surface area contributed by atoms with Crippen molar-refractivity contribution >= 4 is 10.0 Å². The number of halogens is 3. The summed E-state index contributed by atoms with van der Waals surface area (Å²) in [4.78, 5) is 3.48. The molecule has 1 saturated heterocycles. The smallest absolute Gasteiger partial charge is 0.422 e. The van der Waals surface area contributed by atoms with Gasteiger partial charge in [-0.15, -0.1) is 0 Å². The highest BCUT2D eigenvalue weighted by atomic mass is 32.2. The van der Waals surface area contributed by atoms with Crippen molar-refractivity contribution in [1.29, 1.82) is 0 Å². The van der Waals surface area contributed by atoms with Crippen LogP contribution < -0.4 is 14.8 Å². The topological polar surface area (TPSA) is 80.3 Å². The zero-order chi connectivity index (χ0) is 16.9. The van der Waals surface area contributed by atoms with Crippen LogP contribution in [0.5, 0.6) is 5.88 Å². The van der Waals surface area contributed by atoms with Gasteiger partial charge in [0.05, 0.1) is 6.20 Å². The fourth-order valence-electron chi connectivity index (χ4n) is 2.18. The Bertz CT molecular complexity index is 599. The third-order valence-electron chi connectivity index (χ3n) is 3.36. The summed E-state index contributed by atoms with van der Waals surface area (Å²) in [5, 5.41) is 3.19. The first kappa shape index (κ1) is 18.0. The Morgan fingerprint density at radius 3 is 2.74 bits per heavy atom. The van der Waals surface area contributed by atoms with Crippen LogP contribution >= 0.6 is 0 Å². The van der Waals surface area contributed by atoms with Crippen molar-refractivity contribution in [3.05, 3.63) is 18.3 Å². The molecule has 6 nitrogen and oxygen atoms in total. The van der Waals surface area contributed by atoms with E-state index in [1.807, 2.05) is 0 Å². The average molecular weight is 353 g/mol. The maximum atomic E-state index is 12.1. The zero-order valence-electron chi connectivity index (χ0n) is 12.3. The van der Waals surface area contributed by atoms with Crippen LogP contribution in [0.2, 0.25) is 0 Å². The first-order valence-electron chi connectivity index (χ1n) is 7.12. The van der Waals surface area contributed by atoms with Gasteiger partial charge in [-0.2, -0.15) is 13.2 Å². The molecule has 1 aromatic heterocycles. The fraction of sp³-hybridized carbons (Fsp3) is 0.615. The van der Waals surface area contributed by atoms with Crippen LogP contribution in [0.4, 0.5) is 13.2 Å². The lowest BCUT2D eigenvalue weighted by atomic mass is 10.0. The number of rotatable bonds is 6. The summed E-state index contributed by atoms with van der Waals surface area (Å²) in [5.74, 6) is -0.0568. The van der Waals surface area contributed by atoms with E-state index in [1.54, 1.807) is 0 Å². The molecule has 130 valence electrons. The van der Waals surface area contributed by atoms with Gasteiger partial charge in [-0.25, -0.2) is 18.1 Å². The molecule has 0 bridgehead atoms. The van der Waals surface area contributed by atoms with Gasteiger partial charge in [0.1, 0.15) is 4.90 Å². The van der Waals surface area contributed by atoms with Crippen molar-refractivity contribution in [3.8, 4) is 5.88 Å². The molecule has 0 saturated carbocycles. The molecule has 0 aromatic carbocycles. The molecule has 1 atom stereocenters. The first-order valence-corrected chi connectivity index (χ1v) is 8.60. The fourth-order valence-corrected chi connectivity index (χ4v) is 3.24. The lowest BCUT2D eigenvalue weighted by Crippen LogP contribution is -2.38. The highest BCUT2D eigenvalue weighted by Crippen LogP contribution is 2.18. The number of pyridine rings is 1. The van der Waals surface area contributed by atoms with Crippen molar-refractivity contribution in [1.82, 2.24) is 15.0 Å². The average Bonchev–Trinajstić information content (AvgIpc) is 2.52. The minimum atomic E-state index is -4.47. The second-order valence-corrected chi connectivity index (χ2v) is 7.07. The summed E-state index contributed by atoms with van der Waals surface area (Å²) in [6.45, 7) is 0.526. The highest BCUT2D eigenvalue weighted by molar-refractivity contribution is 7.89. The van der Waals surface area contributed by atoms with E-state index < -0.39 is 22.8 Å².